The van der Waals surface area contributed by atoms with Crippen LogP contribution < -0.4 is 9.84 Å². The molecule has 0 saturated carbocycles. The standard InChI is InChI=1S/C32H43NO13PS.U/c1-8-28(34)42-17-23-11-13-24(14-12-23)45-47(37,40-7)46-29-26(18-41-27(29)19-43-30(35)32(4,5)6)33-31(36)44-22(3)20-48(38,39)25-15-9-21(2)10-16-25;/h9-16,18,22,26-27,29H,8,17,19-20H2,1-7H3,(H,33,36);/q-1;/t22?,26-,27-,29?,47?;/m1./s1. The quantitative estimate of drug-likeness (QED) is 0.108. The molecule has 3 rings (SSSR count). The maximum atomic E-state index is 13.7. The van der Waals surface area contributed by atoms with E-state index in [9.17, 15) is 27.4 Å². The predicted octanol–water partition coefficient (Wildman–Crippen LogP) is 5.07. The Labute approximate surface area is 311 Å². The minimum absolute atomic E-state index is 0. The van der Waals surface area contributed by atoms with E-state index in [1.165, 1.54) is 37.8 Å². The van der Waals surface area contributed by atoms with Gasteiger partial charge in [-0.1, -0.05) is 36.8 Å². The Morgan fingerprint density at radius 1 is 1.04 bits per heavy atom. The van der Waals surface area contributed by atoms with Crippen LogP contribution in [0.4, 0.5) is 4.79 Å². The van der Waals surface area contributed by atoms with Crippen LogP contribution in [0.1, 0.15) is 52.2 Å². The first-order valence-corrected chi connectivity index (χ1v) is 18.3. The zero-order valence-corrected chi connectivity index (χ0v) is 34.4. The monoisotopic (exact) mass is 950 g/mol. The van der Waals surface area contributed by atoms with Gasteiger partial charge < -0.3 is 28.8 Å². The summed E-state index contributed by atoms with van der Waals surface area (Å²) in [5.41, 5.74) is 0.714. The van der Waals surface area contributed by atoms with Crippen molar-refractivity contribution in [1.82, 2.24) is 5.32 Å². The number of amides is 1. The number of alkyl carbamates (subject to hydrolysis) is 1. The molecule has 1 heterocycles. The molecule has 0 aromatic heterocycles. The van der Waals surface area contributed by atoms with Crippen LogP contribution in [-0.4, -0.2) is 70.3 Å². The fourth-order valence-corrected chi connectivity index (χ4v) is 6.74. The Morgan fingerprint density at radius 3 is 2.24 bits per heavy atom. The van der Waals surface area contributed by atoms with Crippen LogP contribution in [-0.2, 0) is 58.6 Å². The van der Waals surface area contributed by atoms with Gasteiger partial charge in [0.2, 0.25) is 0 Å². The Bertz CT molecular complexity index is 1560. The van der Waals surface area contributed by atoms with Crippen molar-refractivity contribution < 1.29 is 91.0 Å². The summed E-state index contributed by atoms with van der Waals surface area (Å²) in [4.78, 5) is 36.9. The number of esters is 2. The molecular formula is C32H43NO13PSU-. The molecule has 3 unspecified atom stereocenters. The molecule has 270 valence electrons. The molecule has 0 radical (unpaired) electrons. The molecule has 2 aromatic rings. The van der Waals surface area contributed by atoms with Gasteiger partial charge in [0.05, 0.1) is 28.3 Å². The molecule has 1 aliphatic heterocycles. The molecule has 49 heavy (non-hydrogen) atoms. The van der Waals surface area contributed by atoms with Gasteiger partial charge in [0.1, 0.15) is 25.1 Å². The molecule has 14 nitrogen and oxygen atoms in total. The number of hydrogen-bond donors (Lipinski definition) is 1. The second kappa shape index (κ2) is 18.7. The smallest absolute Gasteiger partial charge is 0.530 e. The van der Waals surface area contributed by atoms with E-state index < -0.39 is 65.2 Å². The number of hydrogen-bond acceptors (Lipinski definition) is 13. The number of nitrogens with one attached hydrogen (secondary N) is 1. The predicted molar refractivity (Wildman–Crippen MR) is 172 cm³/mol. The van der Waals surface area contributed by atoms with Crippen molar-refractivity contribution in [3.8, 4) is 5.75 Å². The summed E-state index contributed by atoms with van der Waals surface area (Å²) in [5, 5.41) is 2.51. The van der Waals surface area contributed by atoms with E-state index in [0.717, 1.165) is 12.7 Å². The van der Waals surface area contributed by atoms with Crippen molar-refractivity contribution in [3.05, 3.63) is 66.3 Å². The zero-order chi connectivity index (χ0) is 35.7. The fourth-order valence-electron chi connectivity index (χ4n) is 4.16. The minimum Gasteiger partial charge on any atom is -0.543 e. The van der Waals surface area contributed by atoms with Gasteiger partial charge >= 0.3 is 25.9 Å². The van der Waals surface area contributed by atoms with E-state index in [2.05, 4.69) is 5.32 Å². The molecule has 0 spiro atoms. The van der Waals surface area contributed by atoms with E-state index in [1.807, 2.05) is 6.92 Å². The minimum atomic E-state index is -4.41. The van der Waals surface area contributed by atoms with Gasteiger partial charge in [-0.05, 0) is 70.5 Å². The first-order chi connectivity index (χ1) is 22.4. The third kappa shape index (κ3) is 13.3. The second-order valence-corrected chi connectivity index (χ2v) is 15.8. The average molecular weight is 951 g/mol. The van der Waals surface area contributed by atoms with Gasteiger partial charge in [-0.2, -0.15) is 6.61 Å². The molecule has 17 heteroatoms. The maximum absolute atomic E-state index is 13.7. The van der Waals surface area contributed by atoms with Gasteiger partial charge in [-0.15, -0.1) is 0 Å². The van der Waals surface area contributed by atoms with Crippen LogP contribution in [0.25, 0.3) is 0 Å². The van der Waals surface area contributed by atoms with E-state index in [1.54, 1.807) is 52.0 Å². The van der Waals surface area contributed by atoms with E-state index in [-0.39, 0.29) is 67.4 Å². The van der Waals surface area contributed by atoms with Crippen LogP contribution in [0, 0.1) is 50.1 Å². The SMILES string of the molecule is CCC(=O)OCc1ccc(OP(=O)(OC)OC2[C@H](NC(=O)OC(C)CS(=O)(=O)c3ccc(C)cc3)[CH-]O[C@@H]2COC(=O)C(C)(C)C)cc1.[U]. The molecule has 0 bridgehead atoms. The number of carbonyl (C=O) groups excluding carboxylic acids is 3. The summed E-state index contributed by atoms with van der Waals surface area (Å²) in [7, 11) is -7.08. The van der Waals surface area contributed by atoms with E-state index >= 15 is 0 Å². The Morgan fingerprint density at radius 2 is 1.67 bits per heavy atom. The molecule has 1 amide bonds. The summed E-state index contributed by atoms with van der Waals surface area (Å²) < 4.78 is 77.3. The van der Waals surface area contributed by atoms with Gasteiger partial charge in [-0.3, -0.25) is 18.6 Å². The number of benzene rings is 2. The molecule has 5 atom stereocenters. The van der Waals surface area contributed by atoms with E-state index in [4.69, 9.17) is 32.5 Å². The number of phosphoric acid groups is 1. The summed E-state index contributed by atoms with van der Waals surface area (Å²) >= 11 is 0. The summed E-state index contributed by atoms with van der Waals surface area (Å²) in [5.74, 6) is -1.29. The first kappa shape index (κ1) is 42.7. The second-order valence-electron chi connectivity index (χ2n) is 12.1. The van der Waals surface area contributed by atoms with Crippen molar-refractivity contribution in [2.45, 2.75) is 83.8 Å². The molecular weight excluding hydrogens is 907 g/mol. The molecule has 0 aliphatic carbocycles. The van der Waals surface area contributed by atoms with Crippen molar-refractivity contribution >= 4 is 35.7 Å². The first-order valence-electron chi connectivity index (χ1n) is 15.2. The number of sulfone groups is 1. The average Bonchev–Trinajstić information content (AvgIpc) is 3.38. The number of ether oxygens (including phenoxy) is 4. The topological polar surface area (TPSA) is 179 Å². The summed E-state index contributed by atoms with van der Waals surface area (Å²) in [6, 6.07) is 11.3. The van der Waals surface area contributed by atoms with Gasteiger partial charge in [0.25, 0.3) is 0 Å². The van der Waals surface area contributed by atoms with Crippen molar-refractivity contribution in [2.75, 3.05) is 19.5 Å². The summed E-state index contributed by atoms with van der Waals surface area (Å²) in [6.07, 6.45) is -4.18. The number of carbonyl (C=O) groups is 3. The molecule has 1 N–H and O–H groups in total. The van der Waals surface area contributed by atoms with Crippen molar-refractivity contribution in [3.63, 3.8) is 0 Å². The Hall–Kier alpha value is -2.44. The largest absolute Gasteiger partial charge is 0.543 e. The van der Waals surface area contributed by atoms with Crippen LogP contribution in [0.5, 0.6) is 5.75 Å². The molecule has 1 saturated heterocycles. The number of aryl methyl sites for hydroxylation is 1. The maximum Gasteiger partial charge on any atom is 0.530 e. The third-order valence-corrected chi connectivity index (χ3v) is 10.1. The third-order valence-electron chi connectivity index (χ3n) is 6.84. The number of rotatable bonds is 15. The molecule has 1 aliphatic rings. The van der Waals surface area contributed by atoms with Gasteiger partial charge in [0.15, 0.2) is 9.84 Å². The normalized spacial score (nSPS) is 19.4. The number of phosphoric ester groups is 1. The Kier molecular flexibility index (Phi) is 16.3. The van der Waals surface area contributed by atoms with Gasteiger partial charge in [0, 0.05) is 44.6 Å². The van der Waals surface area contributed by atoms with Crippen LogP contribution >= 0.6 is 7.82 Å². The van der Waals surface area contributed by atoms with Crippen molar-refractivity contribution in [2.24, 2.45) is 5.41 Å². The van der Waals surface area contributed by atoms with E-state index in [0.29, 0.717) is 5.56 Å². The van der Waals surface area contributed by atoms with Crippen LogP contribution in [0.15, 0.2) is 53.4 Å². The zero-order valence-electron chi connectivity index (χ0n) is 28.5. The fraction of sp³-hybridized carbons (Fsp3) is 0.500. The Balaban J connectivity index is 0.00000833. The molecule has 1 fully saturated rings. The van der Waals surface area contributed by atoms with Crippen LogP contribution in [0.3, 0.4) is 0 Å². The van der Waals surface area contributed by atoms with Gasteiger partial charge in [-0.25, -0.2) is 17.8 Å². The molecule has 2 aromatic carbocycles. The summed E-state index contributed by atoms with van der Waals surface area (Å²) in [6.45, 7) is 10.8. The van der Waals surface area contributed by atoms with Crippen molar-refractivity contribution in [1.29, 1.82) is 0 Å². The van der Waals surface area contributed by atoms with Crippen LogP contribution in [0.2, 0.25) is 0 Å².